The van der Waals surface area contributed by atoms with Crippen LogP contribution >= 0.6 is 0 Å². The Kier molecular flexibility index (Phi) is 3.53. The van der Waals surface area contributed by atoms with Crippen LogP contribution in [0.15, 0.2) is 36.4 Å². The summed E-state index contributed by atoms with van der Waals surface area (Å²) >= 11 is 0. The highest BCUT2D eigenvalue weighted by Gasteiger charge is 2.14. The van der Waals surface area contributed by atoms with Crippen molar-refractivity contribution < 1.29 is 14.3 Å². The smallest absolute Gasteiger partial charge is 0.338 e. The Morgan fingerprint density at radius 1 is 1.30 bits per heavy atom. The van der Waals surface area contributed by atoms with Crippen molar-refractivity contribution in [2.24, 2.45) is 0 Å². The van der Waals surface area contributed by atoms with Gasteiger partial charge in [-0.1, -0.05) is 12.1 Å². The molecule has 6 heteroatoms. The molecule has 5 nitrogen and oxygen atoms in total. The summed E-state index contributed by atoms with van der Waals surface area (Å²) in [5, 5.41) is 20.6. The van der Waals surface area contributed by atoms with E-state index in [-0.39, 0.29) is 11.4 Å². The minimum Gasteiger partial charge on any atom is -0.478 e. The lowest BCUT2D eigenvalue weighted by Crippen LogP contribution is -2.05. The van der Waals surface area contributed by atoms with Crippen molar-refractivity contribution in [2.75, 3.05) is 11.1 Å². The van der Waals surface area contributed by atoms with Crippen molar-refractivity contribution in [3.05, 3.63) is 53.3 Å². The molecular formula is C14H10FN3O2. The Bertz CT molecular complexity index is 723. The molecule has 0 spiro atoms. The number of nitriles is 1. The summed E-state index contributed by atoms with van der Waals surface area (Å²) in [6.45, 7) is 0. The lowest BCUT2D eigenvalue weighted by molar-refractivity contribution is 0.0692. The first-order valence-electron chi connectivity index (χ1n) is 5.61. The van der Waals surface area contributed by atoms with E-state index in [4.69, 9.17) is 16.1 Å². The Hall–Kier alpha value is -3.07. The van der Waals surface area contributed by atoms with Crippen LogP contribution < -0.4 is 11.1 Å². The second-order valence-electron chi connectivity index (χ2n) is 4.01. The SMILES string of the molecule is N#Cc1ccccc1Nc1cc(F)c(C(=O)O)cc1N. The summed E-state index contributed by atoms with van der Waals surface area (Å²) in [5.74, 6) is -2.29. The van der Waals surface area contributed by atoms with Crippen LogP contribution in [0.25, 0.3) is 0 Å². The third-order valence-corrected chi connectivity index (χ3v) is 2.69. The molecule has 0 saturated carbocycles. The Morgan fingerprint density at radius 3 is 2.65 bits per heavy atom. The van der Waals surface area contributed by atoms with Crippen LogP contribution in [0.2, 0.25) is 0 Å². The number of carbonyl (C=O) groups is 1. The molecular weight excluding hydrogens is 261 g/mol. The monoisotopic (exact) mass is 271 g/mol. The lowest BCUT2D eigenvalue weighted by Gasteiger charge is -2.11. The number of carboxylic acid groups (broad SMARTS) is 1. The number of rotatable bonds is 3. The van der Waals surface area contributed by atoms with Gasteiger partial charge in [0.05, 0.1) is 28.2 Å². The number of nitrogens with zero attached hydrogens (tertiary/aromatic N) is 1. The lowest BCUT2D eigenvalue weighted by atomic mass is 10.1. The molecule has 0 heterocycles. The zero-order valence-corrected chi connectivity index (χ0v) is 10.2. The van der Waals surface area contributed by atoms with E-state index >= 15 is 0 Å². The molecule has 0 aliphatic carbocycles. The molecule has 0 amide bonds. The third kappa shape index (κ3) is 2.52. The molecule has 2 aromatic carbocycles. The molecule has 0 saturated heterocycles. The number of halogens is 1. The second-order valence-corrected chi connectivity index (χ2v) is 4.01. The highest BCUT2D eigenvalue weighted by molar-refractivity contribution is 5.91. The summed E-state index contributed by atoms with van der Waals surface area (Å²) in [4.78, 5) is 10.8. The maximum absolute atomic E-state index is 13.6. The Labute approximate surface area is 114 Å². The van der Waals surface area contributed by atoms with Gasteiger partial charge in [0.2, 0.25) is 0 Å². The number of aromatic carboxylic acids is 1. The number of carboxylic acids is 1. The largest absolute Gasteiger partial charge is 0.478 e. The van der Waals surface area contributed by atoms with Crippen LogP contribution in [0, 0.1) is 17.1 Å². The van der Waals surface area contributed by atoms with E-state index in [0.717, 1.165) is 12.1 Å². The number of anilines is 3. The van der Waals surface area contributed by atoms with Crippen molar-refractivity contribution >= 4 is 23.0 Å². The van der Waals surface area contributed by atoms with Gasteiger partial charge in [-0.05, 0) is 18.2 Å². The minimum atomic E-state index is -1.39. The fourth-order valence-electron chi connectivity index (χ4n) is 1.70. The number of nitrogen functional groups attached to an aromatic ring is 1. The molecule has 0 atom stereocenters. The molecule has 2 rings (SSSR count). The summed E-state index contributed by atoms with van der Waals surface area (Å²) in [6, 6.07) is 10.7. The highest BCUT2D eigenvalue weighted by Crippen LogP contribution is 2.27. The van der Waals surface area contributed by atoms with Crippen molar-refractivity contribution in [3.8, 4) is 6.07 Å². The van der Waals surface area contributed by atoms with Crippen LogP contribution in [-0.2, 0) is 0 Å². The van der Waals surface area contributed by atoms with Gasteiger partial charge in [0, 0.05) is 6.07 Å². The molecule has 0 fully saturated rings. The van der Waals surface area contributed by atoms with Gasteiger partial charge in [0.25, 0.3) is 0 Å². The summed E-state index contributed by atoms with van der Waals surface area (Å²) in [6.07, 6.45) is 0. The zero-order chi connectivity index (χ0) is 14.7. The summed E-state index contributed by atoms with van der Waals surface area (Å²) in [7, 11) is 0. The highest BCUT2D eigenvalue weighted by atomic mass is 19.1. The molecule has 0 aromatic heterocycles. The molecule has 100 valence electrons. The van der Waals surface area contributed by atoms with E-state index in [1.165, 1.54) is 0 Å². The average molecular weight is 271 g/mol. The second kappa shape index (κ2) is 5.28. The zero-order valence-electron chi connectivity index (χ0n) is 10.2. The number of hydrogen-bond donors (Lipinski definition) is 3. The first kappa shape index (κ1) is 13.4. The quantitative estimate of drug-likeness (QED) is 0.745. The normalized spacial score (nSPS) is 9.80. The molecule has 0 radical (unpaired) electrons. The van der Waals surface area contributed by atoms with Gasteiger partial charge in [0.1, 0.15) is 11.9 Å². The van der Waals surface area contributed by atoms with Crippen LogP contribution in [0.5, 0.6) is 0 Å². The Morgan fingerprint density at radius 2 is 2.00 bits per heavy atom. The van der Waals surface area contributed by atoms with E-state index in [0.29, 0.717) is 11.3 Å². The van der Waals surface area contributed by atoms with Gasteiger partial charge in [-0.15, -0.1) is 0 Å². The van der Waals surface area contributed by atoms with Crippen LogP contribution in [0.1, 0.15) is 15.9 Å². The van der Waals surface area contributed by atoms with Gasteiger partial charge in [-0.2, -0.15) is 5.26 Å². The summed E-state index contributed by atoms with van der Waals surface area (Å²) in [5.41, 5.74) is 6.31. The summed E-state index contributed by atoms with van der Waals surface area (Å²) < 4.78 is 13.6. The van der Waals surface area contributed by atoms with E-state index in [2.05, 4.69) is 5.32 Å². The van der Waals surface area contributed by atoms with Gasteiger partial charge < -0.3 is 16.2 Å². The van der Waals surface area contributed by atoms with Crippen molar-refractivity contribution in [1.29, 1.82) is 5.26 Å². The number of nitrogens with two attached hydrogens (primary N) is 1. The molecule has 2 aromatic rings. The van der Waals surface area contributed by atoms with Crippen molar-refractivity contribution in [2.45, 2.75) is 0 Å². The van der Waals surface area contributed by atoms with E-state index in [9.17, 15) is 9.18 Å². The predicted molar refractivity (Wildman–Crippen MR) is 72.2 cm³/mol. The molecule has 0 unspecified atom stereocenters. The average Bonchev–Trinajstić information content (AvgIpc) is 2.42. The molecule has 0 bridgehead atoms. The fourth-order valence-corrected chi connectivity index (χ4v) is 1.70. The van der Waals surface area contributed by atoms with E-state index in [1.807, 2.05) is 6.07 Å². The number of nitrogens with one attached hydrogen (secondary N) is 1. The maximum Gasteiger partial charge on any atom is 0.338 e. The topological polar surface area (TPSA) is 99.1 Å². The molecule has 0 aliphatic rings. The van der Waals surface area contributed by atoms with Gasteiger partial charge in [-0.3, -0.25) is 0 Å². The van der Waals surface area contributed by atoms with Crippen molar-refractivity contribution in [1.82, 2.24) is 0 Å². The van der Waals surface area contributed by atoms with Gasteiger partial charge in [-0.25, -0.2) is 9.18 Å². The first-order chi connectivity index (χ1) is 9.52. The van der Waals surface area contributed by atoms with Crippen molar-refractivity contribution in [3.63, 3.8) is 0 Å². The van der Waals surface area contributed by atoms with E-state index < -0.39 is 17.3 Å². The third-order valence-electron chi connectivity index (χ3n) is 2.69. The number of para-hydroxylation sites is 1. The number of hydrogen-bond acceptors (Lipinski definition) is 4. The molecule has 4 N–H and O–H groups in total. The van der Waals surface area contributed by atoms with Gasteiger partial charge >= 0.3 is 5.97 Å². The van der Waals surface area contributed by atoms with E-state index in [1.54, 1.807) is 24.3 Å². The minimum absolute atomic E-state index is 0.0801. The molecule has 0 aliphatic heterocycles. The van der Waals surface area contributed by atoms with Gasteiger partial charge in [0.15, 0.2) is 0 Å². The number of benzene rings is 2. The maximum atomic E-state index is 13.6. The molecule has 20 heavy (non-hydrogen) atoms. The van der Waals surface area contributed by atoms with Crippen LogP contribution in [-0.4, -0.2) is 11.1 Å². The fraction of sp³-hybridized carbons (Fsp3) is 0. The predicted octanol–water partition coefficient (Wildman–Crippen LogP) is 2.72. The first-order valence-corrected chi connectivity index (χ1v) is 5.61. The standard InChI is InChI=1S/C14H10FN3O2/c15-10-6-13(11(17)5-9(10)14(19)20)18-12-4-2-1-3-8(12)7-16/h1-6,18H,17H2,(H,19,20). The van der Waals surface area contributed by atoms with Crippen LogP contribution in [0.3, 0.4) is 0 Å². The van der Waals surface area contributed by atoms with Crippen LogP contribution in [0.4, 0.5) is 21.5 Å². The Balaban J connectivity index is 2.43.